The molecule has 0 aliphatic carbocycles. The maximum Gasteiger partial charge on any atom is 0.387 e. The number of carbonyl (C=O) groups is 2. The van der Waals surface area contributed by atoms with Crippen LogP contribution in [0.5, 0.6) is 11.5 Å². The Morgan fingerprint density at radius 1 is 1.19 bits per heavy atom. The van der Waals surface area contributed by atoms with E-state index in [1.165, 1.54) is 18.2 Å². The van der Waals surface area contributed by atoms with Crippen LogP contribution in [0.2, 0.25) is 10.0 Å². The fourth-order valence-corrected chi connectivity index (χ4v) is 2.85. The molecule has 0 amide bonds. The third-order valence-corrected chi connectivity index (χ3v) is 4.25. The van der Waals surface area contributed by atoms with Gasteiger partial charge in [-0.05, 0) is 30.3 Å². The number of nitro benzene ring substituents is 1. The molecule has 0 heterocycles. The average Bonchev–Trinajstić information content (AvgIpc) is 2.70. The van der Waals surface area contributed by atoms with E-state index in [1.54, 1.807) is 0 Å². The maximum absolute atomic E-state index is 12.5. The minimum absolute atomic E-state index is 0.0814. The van der Waals surface area contributed by atoms with Gasteiger partial charge in [0.15, 0.2) is 18.1 Å². The normalized spacial score (nSPS) is 10.9. The van der Waals surface area contributed by atoms with Crippen molar-refractivity contribution >= 4 is 46.7 Å². The summed E-state index contributed by atoms with van der Waals surface area (Å²) in [5.74, 6) is -2.34. The Hall–Kier alpha value is -3.24. The number of Topliss-reactive ketones (excluding diaryl/α,β-unsaturated/α-hetero) is 1. The van der Waals surface area contributed by atoms with Crippen molar-refractivity contribution in [2.24, 2.45) is 0 Å². The topological polar surface area (TPSA) is 105 Å². The van der Waals surface area contributed by atoms with Gasteiger partial charge in [-0.3, -0.25) is 14.9 Å². The van der Waals surface area contributed by atoms with Crippen molar-refractivity contribution < 1.29 is 37.5 Å². The maximum atomic E-state index is 12.5. The van der Waals surface area contributed by atoms with Gasteiger partial charge in [0.2, 0.25) is 5.78 Å². The first-order valence-corrected chi connectivity index (χ1v) is 9.02. The van der Waals surface area contributed by atoms with Gasteiger partial charge in [0.1, 0.15) is 0 Å². The molecule has 164 valence electrons. The molecule has 12 heteroatoms. The van der Waals surface area contributed by atoms with Crippen LogP contribution in [0, 0.1) is 10.1 Å². The predicted octanol–water partition coefficient (Wildman–Crippen LogP) is 4.95. The van der Waals surface area contributed by atoms with Crippen LogP contribution in [0.15, 0.2) is 36.4 Å². The SMILES string of the molecule is COc1cc(C=CC(=O)OCC(=O)c2ccc(Cl)cc2Cl)c([N+](=O)[O-])cc1OC(F)F. The van der Waals surface area contributed by atoms with Crippen LogP contribution < -0.4 is 9.47 Å². The summed E-state index contributed by atoms with van der Waals surface area (Å²) in [4.78, 5) is 34.4. The van der Waals surface area contributed by atoms with Crippen molar-refractivity contribution in [3.05, 3.63) is 67.7 Å². The van der Waals surface area contributed by atoms with Crippen molar-refractivity contribution in [3.8, 4) is 11.5 Å². The van der Waals surface area contributed by atoms with Gasteiger partial charge in [-0.2, -0.15) is 8.78 Å². The van der Waals surface area contributed by atoms with Crippen molar-refractivity contribution in [2.45, 2.75) is 6.61 Å². The van der Waals surface area contributed by atoms with Crippen LogP contribution in [0.1, 0.15) is 15.9 Å². The average molecular weight is 476 g/mol. The molecule has 0 aliphatic heterocycles. The zero-order chi connectivity index (χ0) is 23.1. The first-order chi connectivity index (χ1) is 14.6. The van der Waals surface area contributed by atoms with Gasteiger partial charge in [-0.1, -0.05) is 23.2 Å². The highest BCUT2D eigenvalue weighted by atomic mass is 35.5. The van der Waals surface area contributed by atoms with Crippen LogP contribution in [-0.2, 0) is 9.53 Å². The summed E-state index contributed by atoms with van der Waals surface area (Å²) in [6.45, 7) is -3.87. The molecule has 2 rings (SSSR count). The molecule has 2 aromatic rings. The number of hydrogen-bond acceptors (Lipinski definition) is 7. The Morgan fingerprint density at radius 2 is 1.90 bits per heavy atom. The Labute approximate surface area is 184 Å². The molecule has 0 fully saturated rings. The molecule has 0 aliphatic rings. The molecular formula is C19H13Cl2F2NO7. The van der Waals surface area contributed by atoms with Crippen molar-refractivity contribution in [2.75, 3.05) is 13.7 Å². The van der Waals surface area contributed by atoms with Gasteiger partial charge in [-0.15, -0.1) is 0 Å². The van der Waals surface area contributed by atoms with E-state index in [0.29, 0.717) is 5.02 Å². The molecule has 0 spiro atoms. The lowest BCUT2D eigenvalue weighted by molar-refractivity contribution is -0.385. The van der Waals surface area contributed by atoms with Crippen LogP contribution in [0.3, 0.4) is 0 Å². The third kappa shape index (κ3) is 6.63. The second-order valence-electron chi connectivity index (χ2n) is 5.69. The van der Waals surface area contributed by atoms with Gasteiger partial charge in [0, 0.05) is 16.7 Å². The number of ether oxygens (including phenoxy) is 3. The standard InChI is InChI=1S/C19H13Cl2F2NO7/c1-29-16-6-10(14(24(27)28)8-17(16)31-19(22)23)2-5-18(26)30-9-15(25)12-4-3-11(20)7-13(12)21/h2-8,19H,9H2,1H3. The van der Waals surface area contributed by atoms with E-state index >= 15 is 0 Å². The number of ketones is 1. The molecule has 0 unspecified atom stereocenters. The Kier molecular flexibility index (Phi) is 8.29. The molecule has 2 aromatic carbocycles. The summed E-state index contributed by atoms with van der Waals surface area (Å²) in [6, 6.07) is 5.94. The van der Waals surface area contributed by atoms with E-state index < -0.39 is 41.3 Å². The van der Waals surface area contributed by atoms with Crippen molar-refractivity contribution in [3.63, 3.8) is 0 Å². The summed E-state index contributed by atoms with van der Waals surface area (Å²) in [5.41, 5.74) is -0.671. The van der Waals surface area contributed by atoms with E-state index in [2.05, 4.69) is 4.74 Å². The van der Waals surface area contributed by atoms with Crippen LogP contribution >= 0.6 is 23.2 Å². The number of rotatable bonds is 9. The summed E-state index contributed by atoms with van der Waals surface area (Å²) < 4.78 is 38.8. The van der Waals surface area contributed by atoms with Gasteiger partial charge >= 0.3 is 12.6 Å². The lowest BCUT2D eigenvalue weighted by Crippen LogP contribution is -2.13. The van der Waals surface area contributed by atoms with E-state index in [9.17, 15) is 28.5 Å². The summed E-state index contributed by atoms with van der Waals surface area (Å²) >= 11 is 11.7. The fraction of sp³-hybridized carbons (Fsp3) is 0.158. The molecule has 0 bridgehead atoms. The van der Waals surface area contributed by atoms with Crippen LogP contribution in [0.4, 0.5) is 14.5 Å². The number of esters is 1. The Balaban J connectivity index is 2.15. The first-order valence-electron chi connectivity index (χ1n) is 8.26. The number of hydrogen-bond donors (Lipinski definition) is 0. The van der Waals surface area contributed by atoms with Gasteiger partial charge in [0.25, 0.3) is 5.69 Å². The number of nitrogens with zero attached hydrogens (tertiary/aromatic N) is 1. The molecule has 0 atom stereocenters. The quantitative estimate of drug-likeness (QED) is 0.166. The summed E-state index contributed by atoms with van der Waals surface area (Å²) in [7, 11) is 1.15. The summed E-state index contributed by atoms with van der Waals surface area (Å²) in [5, 5.41) is 11.6. The van der Waals surface area contributed by atoms with Gasteiger partial charge in [0.05, 0.1) is 28.7 Å². The van der Waals surface area contributed by atoms with Gasteiger partial charge in [-0.25, -0.2) is 4.79 Å². The highest BCUT2D eigenvalue weighted by Crippen LogP contribution is 2.36. The lowest BCUT2D eigenvalue weighted by Gasteiger charge is -2.10. The van der Waals surface area contributed by atoms with Crippen LogP contribution in [0.25, 0.3) is 6.08 Å². The zero-order valence-corrected chi connectivity index (χ0v) is 17.2. The number of carbonyl (C=O) groups excluding carboxylic acids is 2. The first kappa shape index (κ1) is 24.0. The van der Waals surface area contributed by atoms with E-state index in [4.69, 9.17) is 32.7 Å². The van der Waals surface area contributed by atoms with E-state index in [1.807, 2.05) is 0 Å². The lowest BCUT2D eigenvalue weighted by atomic mass is 10.1. The molecular weight excluding hydrogens is 463 g/mol. The molecule has 0 saturated carbocycles. The number of methoxy groups -OCH3 is 1. The zero-order valence-electron chi connectivity index (χ0n) is 15.6. The minimum atomic E-state index is -3.23. The molecule has 0 radical (unpaired) electrons. The number of nitro groups is 1. The van der Waals surface area contributed by atoms with Crippen molar-refractivity contribution in [1.82, 2.24) is 0 Å². The molecule has 0 N–H and O–H groups in total. The smallest absolute Gasteiger partial charge is 0.387 e. The largest absolute Gasteiger partial charge is 0.493 e. The monoisotopic (exact) mass is 475 g/mol. The molecule has 0 aromatic heterocycles. The number of benzene rings is 2. The molecule has 8 nitrogen and oxygen atoms in total. The Morgan fingerprint density at radius 3 is 2.48 bits per heavy atom. The minimum Gasteiger partial charge on any atom is -0.493 e. The Bertz CT molecular complexity index is 1040. The second kappa shape index (κ2) is 10.7. The number of alkyl halides is 2. The number of halogens is 4. The van der Waals surface area contributed by atoms with E-state index in [-0.39, 0.29) is 21.9 Å². The highest BCUT2D eigenvalue weighted by Gasteiger charge is 2.21. The summed E-state index contributed by atoms with van der Waals surface area (Å²) in [6.07, 6.45) is 1.83. The van der Waals surface area contributed by atoms with Gasteiger partial charge < -0.3 is 14.2 Å². The highest BCUT2D eigenvalue weighted by molar-refractivity contribution is 6.36. The second-order valence-corrected chi connectivity index (χ2v) is 6.53. The van der Waals surface area contributed by atoms with Crippen molar-refractivity contribution in [1.29, 1.82) is 0 Å². The molecule has 0 saturated heterocycles. The fourth-order valence-electron chi connectivity index (χ4n) is 2.34. The van der Waals surface area contributed by atoms with Crippen LogP contribution in [-0.4, -0.2) is 37.0 Å². The molecule has 31 heavy (non-hydrogen) atoms. The predicted molar refractivity (Wildman–Crippen MR) is 107 cm³/mol. The third-order valence-electron chi connectivity index (χ3n) is 3.70. The van der Waals surface area contributed by atoms with E-state index in [0.717, 1.165) is 31.4 Å².